The van der Waals surface area contributed by atoms with E-state index in [9.17, 15) is 4.79 Å². The molecular weight excluding hydrogens is 320 g/mol. The highest BCUT2D eigenvalue weighted by atomic mass is 16.5. The van der Waals surface area contributed by atoms with Crippen LogP contribution >= 0.6 is 0 Å². The molecule has 128 valence electrons. The third kappa shape index (κ3) is 3.35. The van der Waals surface area contributed by atoms with Gasteiger partial charge in [0.25, 0.3) is 0 Å². The van der Waals surface area contributed by atoms with Gasteiger partial charge < -0.3 is 9.47 Å². The van der Waals surface area contributed by atoms with Crippen LogP contribution in [0, 0.1) is 6.92 Å². The standard InChI is InChI=1S/C18H18N4O3/c1-4-25-18(23)15-17(22-11-5-6-12(2)16(22)19-15)21-20-13-7-9-14(24-3)10-8-13/h5-11H,4H2,1-3H3. The van der Waals surface area contributed by atoms with Gasteiger partial charge in [0, 0.05) is 6.20 Å². The number of aryl methyl sites for hydroxylation is 1. The molecule has 0 aliphatic rings. The number of fused-ring (bicyclic) bond motifs is 1. The number of hydrogen-bond donors (Lipinski definition) is 0. The Morgan fingerprint density at radius 2 is 1.96 bits per heavy atom. The Hall–Kier alpha value is -3.22. The number of ether oxygens (including phenoxy) is 2. The van der Waals surface area contributed by atoms with E-state index >= 15 is 0 Å². The zero-order valence-electron chi connectivity index (χ0n) is 14.3. The first-order valence-electron chi connectivity index (χ1n) is 7.84. The minimum atomic E-state index is -0.519. The summed E-state index contributed by atoms with van der Waals surface area (Å²) < 4.78 is 11.9. The molecule has 0 amide bonds. The van der Waals surface area contributed by atoms with E-state index in [2.05, 4.69) is 15.2 Å². The maximum Gasteiger partial charge on any atom is 0.360 e. The summed E-state index contributed by atoms with van der Waals surface area (Å²) >= 11 is 0. The zero-order valence-corrected chi connectivity index (χ0v) is 14.3. The fourth-order valence-electron chi connectivity index (χ4n) is 2.38. The first-order valence-corrected chi connectivity index (χ1v) is 7.84. The van der Waals surface area contributed by atoms with Crippen molar-refractivity contribution in [1.29, 1.82) is 0 Å². The van der Waals surface area contributed by atoms with E-state index < -0.39 is 5.97 Å². The topological polar surface area (TPSA) is 77.5 Å². The number of imidazole rings is 1. The molecule has 2 aromatic heterocycles. The molecule has 7 nitrogen and oxygen atoms in total. The molecule has 0 aliphatic carbocycles. The molecule has 25 heavy (non-hydrogen) atoms. The van der Waals surface area contributed by atoms with Crippen molar-refractivity contribution in [3.63, 3.8) is 0 Å². The second-order valence-electron chi connectivity index (χ2n) is 5.29. The van der Waals surface area contributed by atoms with Crippen molar-refractivity contribution in [2.45, 2.75) is 13.8 Å². The van der Waals surface area contributed by atoms with Gasteiger partial charge in [0.15, 0.2) is 11.5 Å². The molecule has 1 aromatic carbocycles. The fourth-order valence-corrected chi connectivity index (χ4v) is 2.38. The molecular formula is C18H18N4O3. The number of azo groups is 1. The molecule has 0 atom stereocenters. The average molecular weight is 338 g/mol. The van der Waals surface area contributed by atoms with E-state index in [1.54, 1.807) is 48.9 Å². The Labute approximate surface area is 144 Å². The first-order chi connectivity index (χ1) is 12.1. The molecule has 0 spiro atoms. The zero-order chi connectivity index (χ0) is 17.8. The van der Waals surface area contributed by atoms with Gasteiger partial charge in [-0.15, -0.1) is 10.2 Å². The van der Waals surface area contributed by atoms with Crippen LogP contribution in [0.1, 0.15) is 23.0 Å². The Bertz CT molecular complexity index is 929. The highest BCUT2D eigenvalue weighted by Crippen LogP contribution is 2.27. The summed E-state index contributed by atoms with van der Waals surface area (Å²) in [6, 6.07) is 10.9. The van der Waals surface area contributed by atoms with Gasteiger partial charge in [-0.3, -0.25) is 4.40 Å². The number of esters is 1. The third-order valence-electron chi connectivity index (χ3n) is 3.62. The molecule has 3 aromatic rings. The van der Waals surface area contributed by atoms with Crippen LogP contribution in [0.15, 0.2) is 52.8 Å². The quantitative estimate of drug-likeness (QED) is 0.515. The number of methoxy groups -OCH3 is 1. The second-order valence-corrected chi connectivity index (χ2v) is 5.29. The largest absolute Gasteiger partial charge is 0.497 e. The van der Waals surface area contributed by atoms with Crippen molar-refractivity contribution in [3.05, 3.63) is 53.9 Å². The van der Waals surface area contributed by atoms with Gasteiger partial charge in [-0.1, -0.05) is 6.07 Å². The number of rotatable bonds is 5. The Kier molecular flexibility index (Phi) is 4.74. The number of benzene rings is 1. The van der Waals surface area contributed by atoms with E-state index in [4.69, 9.17) is 9.47 Å². The average Bonchev–Trinajstić information content (AvgIpc) is 3.01. The van der Waals surface area contributed by atoms with Crippen LogP contribution in [0.4, 0.5) is 11.5 Å². The minimum Gasteiger partial charge on any atom is -0.497 e. The second kappa shape index (κ2) is 7.12. The van der Waals surface area contributed by atoms with Gasteiger partial charge in [-0.25, -0.2) is 9.78 Å². The smallest absolute Gasteiger partial charge is 0.360 e. The summed E-state index contributed by atoms with van der Waals surface area (Å²) in [6.07, 6.45) is 1.79. The van der Waals surface area contributed by atoms with E-state index in [-0.39, 0.29) is 12.3 Å². The van der Waals surface area contributed by atoms with Gasteiger partial charge >= 0.3 is 5.97 Å². The fraction of sp³-hybridized carbons (Fsp3) is 0.222. The minimum absolute atomic E-state index is 0.147. The molecule has 7 heteroatoms. The van der Waals surface area contributed by atoms with Gasteiger partial charge in [0.2, 0.25) is 0 Å². The van der Waals surface area contributed by atoms with Gasteiger partial charge in [-0.2, -0.15) is 0 Å². The monoisotopic (exact) mass is 338 g/mol. The molecule has 0 N–H and O–H groups in total. The summed E-state index contributed by atoms with van der Waals surface area (Å²) in [4.78, 5) is 16.6. The molecule has 0 radical (unpaired) electrons. The number of carbonyl (C=O) groups is 1. The highest BCUT2D eigenvalue weighted by molar-refractivity contribution is 5.93. The van der Waals surface area contributed by atoms with Crippen molar-refractivity contribution in [2.75, 3.05) is 13.7 Å². The van der Waals surface area contributed by atoms with Gasteiger partial charge in [0.1, 0.15) is 11.4 Å². The molecule has 0 unspecified atom stereocenters. The van der Waals surface area contributed by atoms with Gasteiger partial charge in [-0.05, 0) is 49.7 Å². The lowest BCUT2D eigenvalue weighted by Gasteiger charge is -2.01. The predicted octanol–water partition coefficient (Wildman–Crippen LogP) is 4.24. The number of aromatic nitrogens is 2. The maximum atomic E-state index is 12.2. The van der Waals surface area contributed by atoms with Crippen LogP contribution in [0.2, 0.25) is 0 Å². The van der Waals surface area contributed by atoms with Crippen LogP contribution in [0.5, 0.6) is 5.75 Å². The predicted molar refractivity (Wildman–Crippen MR) is 93.1 cm³/mol. The normalized spacial score (nSPS) is 11.2. The van der Waals surface area contributed by atoms with Crippen molar-refractivity contribution in [3.8, 4) is 5.75 Å². The number of carbonyl (C=O) groups excluding carboxylic acids is 1. The molecule has 0 fully saturated rings. The highest BCUT2D eigenvalue weighted by Gasteiger charge is 2.21. The third-order valence-corrected chi connectivity index (χ3v) is 3.62. The van der Waals surface area contributed by atoms with E-state index in [0.717, 1.165) is 11.3 Å². The van der Waals surface area contributed by atoms with Crippen molar-refractivity contribution in [2.24, 2.45) is 10.2 Å². The molecule has 2 heterocycles. The van der Waals surface area contributed by atoms with Crippen LogP contribution in [-0.2, 0) is 4.74 Å². The van der Waals surface area contributed by atoms with Crippen LogP contribution < -0.4 is 4.74 Å². The van der Waals surface area contributed by atoms with Crippen LogP contribution in [-0.4, -0.2) is 29.1 Å². The SMILES string of the molecule is CCOC(=O)c1nc2c(C)cccn2c1N=Nc1ccc(OC)cc1. The summed E-state index contributed by atoms with van der Waals surface area (Å²) in [5, 5.41) is 8.46. The summed E-state index contributed by atoms with van der Waals surface area (Å²) in [7, 11) is 1.60. The van der Waals surface area contributed by atoms with E-state index in [1.807, 2.05) is 19.1 Å². The van der Waals surface area contributed by atoms with Crippen molar-refractivity contribution < 1.29 is 14.3 Å². The van der Waals surface area contributed by atoms with Crippen LogP contribution in [0.3, 0.4) is 0 Å². The Morgan fingerprint density at radius 3 is 2.64 bits per heavy atom. The van der Waals surface area contributed by atoms with Crippen molar-refractivity contribution >= 4 is 23.1 Å². The molecule has 0 aliphatic heterocycles. The van der Waals surface area contributed by atoms with Crippen LogP contribution in [0.25, 0.3) is 5.65 Å². The lowest BCUT2D eigenvalue weighted by molar-refractivity contribution is 0.0521. The van der Waals surface area contributed by atoms with E-state index in [1.165, 1.54) is 0 Å². The molecule has 3 rings (SSSR count). The lowest BCUT2D eigenvalue weighted by Crippen LogP contribution is -2.05. The number of nitrogens with zero attached hydrogens (tertiary/aromatic N) is 4. The first kappa shape index (κ1) is 16.6. The maximum absolute atomic E-state index is 12.2. The number of pyridine rings is 1. The van der Waals surface area contributed by atoms with Gasteiger partial charge in [0.05, 0.1) is 19.4 Å². The number of hydrogen-bond acceptors (Lipinski definition) is 6. The van der Waals surface area contributed by atoms with Crippen molar-refractivity contribution in [1.82, 2.24) is 9.38 Å². The summed E-state index contributed by atoms with van der Waals surface area (Å²) in [5.41, 5.74) is 2.36. The van der Waals surface area contributed by atoms with E-state index in [0.29, 0.717) is 17.2 Å². The Morgan fingerprint density at radius 1 is 1.20 bits per heavy atom. The Balaban J connectivity index is 2.06. The lowest BCUT2D eigenvalue weighted by atomic mass is 10.3. The summed E-state index contributed by atoms with van der Waals surface area (Å²) in [6.45, 7) is 3.93. The summed E-state index contributed by atoms with van der Waals surface area (Å²) in [5.74, 6) is 0.554. The molecule has 0 saturated heterocycles. The molecule has 0 saturated carbocycles. The molecule has 0 bridgehead atoms.